The predicted molar refractivity (Wildman–Crippen MR) is 119 cm³/mol. The molecular formula is C24H30N4O2. The van der Waals surface area contributed by atoms with E-state index in [2.05, 4.69) is 51.5 Å². The van der Waals surface area contributed by atoms with Gasteiger partial charge in [-0.15, -0.1) is 0 Å². The Morgan fingerprint density at radius 3 is 1.43 bits per heavy atom. The highest BCUT2D eigenvalue weighted by Gasteiger charge is 2.34. The largest absolute Gasteiger partial charge is 0.475 e. The van der Waals surface area contributed by atoms with E-state index < -0.39 is 0 Å². The Kier molecular flexibility index (Phi) is 5.12. The summed E-state index contributed by atoms with van der Waals surface area (Å²) in [5.41, 5.74) is 3.22. The second-order valence-corrected chi connectivity index (χ2v) is 10.1. The van der Waals surface area contributed by atoms with Crippen LogP contribution in [0.2, 0.25) is 0 Å². The number of nitrogens with zero attached hydrogens (tertiary/aromatic N) is 4. The zero-order valence-electron chi connectivity index (χ0n) is 18.6. The lowest BCUT2D eigenvalue weighted by Gasteiger charge is -2.21. The maximum atomic E-state index is 5.99. The van der Waals surface area contributed by atoms with Crippen LogP contribution in [-0.2, 0) is 9.47 Å². The summed E-state index contributed by atoms with van der Waals surface area (Å²) in [6.45, 7) is 14.2. The highest BCUT2D eigenvalue weighted by Crippen LogP contribution is 2.32. The molecule has 158 valence electrons. The van der Waals surface area contributed by atoms with Crippen LogP contribution >= 0.6 is 0 Å². The van der Waals surface area contributed by atoms with Gasteiger partial charge >= 0.3 is 0 Å². The van der Waals surface area contributed by atoms with E-state index in [9.17, 15) is 0 Å². The van der Waals surface area contributed by atoms with Crippen LogP contribution in [-0.4, -0.2) is 47.1 Å². The first-order chi connectivity index (χ1) is 14.1. The first-order valence-corrected chi connectivity index (χ1v) is 10.5. The van der Waals surface area contributed by atoms with E-state index in [1.807, 2.05) is 24.3 Å². The molecule has 0 aliphatic carbocycles. The van der Waals surface area contributed by atoms with Gasteiger partial charge in [-0.05, 0) is 35.1 Å². The molecule has 2 aromatic rings. The summed E-state index contributed by atoms with van der Waals surface area (Å²) in [6, 6.07) is 7.99. The normalized spacial score (nSPS) is 21.7. The molecule has 2 aromatic heterocycles. The summed E-state index contributed by atoms with van der Waals surface area (Å²) >= 11 is 0. The van der Waals surface area contributed by atoms with Gasteiger partial charge in [-0.1, -0.05) is 41.5 Å². The lowest BCUT2D eigenvalue weighted by atomic mass is 9.88. The number of hydrogen-bond acceptors (Lipinski definition) is 6. The van der Waals surface area contributed by atoms with E-state index in [0.29, 0.717) is 25.0 Å². The van der Waals surface area contributed by atoms with Crippen molar-refractivity contribution >= 4 is 11.8 Å². The van der Waals surface area contributed by atoms with Crippen molar-refractivity contribution < 1.29 is 9.47 Å². The smallest absolute Gasteiger partial charge is 0.218 e. The molecule has 0 unspecified atom stereocenters. The van der Waals surface area contributed by atoms with E-state index in [1.165, 1.54) is 0 Å². The number of aromatic nitrogens is 2. The van der Waals surface area contributed by atoms with Crippen LogP contribution in [0.3, 0.4) is 0 Å². The van der Waals surface area contributed by atoms with Crippen molar-refractivity contribution in [3.63, 3.8) is 0 Å². The average molecular weight is 407 g/mol. The minimum absolute atomic E-state index is 0.0364. The van der Waals surface area contributed by atoms with Crippen molar-refractivity contribution in [2.75, 3.05) is 13.2 Å². The van der Waals surface area contributed by atoms with Crippen molar-refractivity contribution in [2.45, 2.75) is 53.6 Å². The van der Waals surface area contributed by atoms with Crippen LogP contribution in [0.5, 0.6) is 0 Å². The summed E-state index contributed by atoms with van der Waals surface area (Å²) in [4.78, 5) is 19.0. The van der Waals surface area contributed by atoms with Crippen LogP contribution in [0.1, 0.15) is 52.7 Å². The molecule has 0 saturated carbocycles. The number of ether oxygens (including phenoxy) is 2. The fraction of sp³-hybridized carbons (Fsp3) is 0.500. The van der Waals surface area contributed by atoms with Gasteiger partial charge < -0.3 is 9.47 Å². The van der Waals surface area contributed by atoms with Gasteiger partial charge in [-0.2, -0.15) is 0 Å². The molecule has 6 heteroatoms. The van der Waals surface area contributed by atoms with Crippen molar-refractivity contribution in [3.8, 4) is 11.4 Å². The number of rotatable bonds is 3. The van der Waals surface area contributed by atoms with Crippen molar-refractivity contribution in [1.82, 2.24) is 9.97 Å². The summed E-state index contributed by atoms with van der Waals surface area (Å²) in [7, 11) is 0. The molecule has 6 nitrogen and oxygen atoms in total. The predicted octanol–water partition coefficient (Wildman–Crippen LogP) is 4.53. The second-order valence-electron chi connectivity index (χ2n) is 10.1. The van der Waals surface area contributed by atoms with Crippen LogP contribution < -0.4 is 0 Å². The first-order valence-electron chi connectivity index (χ1n) is 10.5. The Balaban J connectivity index is 1.76. The van der Waals surface area contributed by atoms with Gasteiger partial charge in [0, 0.05) is 12.4 Å². The van der Waals surface area contributed by atoms with Gasteiger partial charge in [-0.25, -0.2) is 9.98 Å². The van der Waals surface area contributed by atoms with Crippen LogP contribution in [0.4, 0.5) is 0 Å². The van der Waals surface area contributed by atoms with E-state index in [4.69, 9.17) is 19.5 Å². The number of aliphatic imine (C=N–C) groups is 2. The Labute approximate surface area is 178 Å². The van der Waals surface area contributed by atoms with Crippen molar-refractivity contribution in [2.24, 2.45) is 20.8 Å². The highest BCUT2D eigenvalue weighted by molar-refractivity contribution is 6.05. The Hall–Kier alpha value is -2.76. The third-order valence-corrected chi connectivity index (χ3v) is 5.60. The van der Waals surface area contributed by atoms with Crippen LogP contribution in [0, 0.1) is 10.8 Å². The molecule has 2 aliphatic heterocycles. The minimum atomic E-state index is 0.0364. The third-order valence-electron chi connectivity index (χ3n) is 5.60. The monoisotopic (exact) mass is 406 g/mol. The van der Waals surface area contributed by atoms with Gasteiger partial charge in [-0.3, -0.25) is 9.97 Å². The molecule has 0 amide bonds. The fourth-order valence-electron chi connectivity index (χ4n) is 3.46. The van der Waals surface area contributed by atoms with E-state index in [0.717, 1.165) is 22.5 Å². The molecule has 2 atom stereocenters. The number of hydrogen-bond donors (Lipinski definition) is 0. The van der Waals surface area contributed by atoms with Gasteiger partial charge in [0.1, 0.15) is 24.6 Å². The third kappa shape index (κ3) is 3.95. The van der Waals surface area contributed by atoms with E-state index >= 15 is 0 Å². The molecule has 0 N–H and O–H groups in total. The molecule has 4 rings (SSSR count). The van der Waals surface area contributed by atoms with Gasteiger partial charge in [0.25, 0.3) is 0 Å². The fourth-order valence-corrected chi connectivity index (χ4v) is 3.46. The van der Waals surface area contributed by atoms with Gasteiger partial charge in [0.15, 0.2) is 0 Å². The lowest BCUT2D eigenvalue weighted by molar-refractivity contribution is 0.235. The van der Waals surface area contributed by atoms with Crippen LogP contribution in [0.15, 0.2) is 46.6 Å². The maximum absolute atomic E-state index is 5.99. The van der Waals surface area contributed by atoms with Gasteiger partial charge in [0.05, 0.1) is 23.2 Å². The second kappa shape index (κ2) is 7.49. The molecule has 30 heavy (non-hydrogen) atoms. The molecule has 0 fully saturated rings. The van der Waals surface area contributed by atoms with E-state index in [1.54, 1.807) is 12.4 Å². The van der Waals surface area contributed by atoms with Crippen molar-refractivity contribution in [1.29, 1.82) is 0 Å². The highest BCUT2D eigenvalue weighted by atomic mass is 16.5. The van der Waals surface area contributed by atoms with Crippen molar-refractivity contribution in [3.05, 3.63) is 47.8 Å². The van der Waals surface area contributed by atoms with E-state index in [-0.39, 0.29) is 22.9 Å². The molecule has 0 spiro atoms. The van der Waals surface area contributed by atoms with Gasteiger partial charge in [0.2, 0.25) is 11.8 Å². The molecule has 4 heterocycles. The molecule has 0 saturated heterocycles. The molecular weight excluding hydrogens is 376 g/mol. The topological polar surface area (TPSA) is 69.0 Å². The summed E-state index contributed by atoms with van der Waals surface area (Å²) in [5, 5.41) is 0. The number of pyridine rings is 2. The first kappa shape index (κ1) is 20.5. The molecule has 0 bridgehead atoms. The zero-order chi connectivity index (χ0) is 21.5. The summed E-state index contributed by atoms with van der Waals surface area (Å²) < 4.78 is 12.0. The maximum Gasteiger partial charge on any atom is 0.218 e. The standard InChI is InChI=1S/C24H30N4O2/c1-23(2,3)17-13-29-21(27-17)15-9-7-11-25-19(15)20-16(10-8-12-26-20)22-28-18(14-30-22)24(4,5)6/h7-12,17-18H,13-14H2,1-6H3/t17-,18-/m1/s1. The molecule has 0 radical (unpaired) electrons. The Morgan fingerprint density at radius 2 is 1.10 bits per heavy atom. The Bertz CT molecular complexity index is 917. The summed E-state index contributed by atoms with van der Waals surface area (Å²) in [5.74, 6) is 1.24. The molecule has 2 aliphatic rings. The SMILES string of the molecule is CC(C)(C)[C@H]1COC(c2cccnc2-c2ncccc2C2=N[C@@H](C(C)(C)C)CO2)=N1. The lowest BCUT2D eigenvalue weighted by Crippen LogP contribution is -2.25. The summed E-state index contributed by atoms with van der Waals surface area (Å²) in [6.07, 6.45) is 3.53. The zero-order valence-corrected chi connectivity index (χ0v) is 18.6. The Morgan fingerprint density at radius 1 is 0.700 bits per heavy atom. The van der Waals surface area contributed by atoms with Crippen LogP contribution in [0.25, 0.3) is 11.4 Å². The quantitative estimate of drug-likeness (QED) is 0.751. The average Bonchev–Trinajstić information content (AvgIpc) is 3.37. The molecule has 0 aromatic carbocycles. The minimum Gasteiger partial charge on any atom is -0.475 e.